The zero-order chi connectivity index (χ0) is 12.1. The number of hydrogen-bond acceptors (Lipinski definition) is 3. The third-order valence-corrected chi connectivity index (χ3v) is 2.52. The maximum atomic E-state index is 11.3. The molecule has 0 bridgehead atoms. The van der Waals surface area contributed by atoms with Crippen LogP contribution in [0.15, 0.2) is 0 Å². The molecule has 0 radical (unpaired) electrons. The first-order chi connectivity index (χ1) is 7.81. The van der Waals surface area contributed by atoms with Crippen LogP contribution < -0.4 is 11.1 Å². The minimum Gasteiger partial charge on any atom is -0.396 e. The molecule has 0 aliphatic carbocycles. The van der Waals surface area contributed by atoms with E-state index in [4.69, 9.17) is 10.8 Å². The average Bonchev–Trinajstić information content (AvgIpc) is 2.28. The fraction of sp³-hybridized carbons (Fsp3) is 0.917. The Bertz CT molecular complexity index is 147. The number of hydrogen-bond donors (Lipinski definition) is 3. The lowest BCUT2D eigenvalue weighted by molar-refractivity contribution is -0.121. The summed E-state index contributed by atoms with van der Waals surface area (Å²) in [5.41, 5.74) is 5.38. The first kappa shape index (κ1) is 15.4. The zero-order valence-corrected chi connectivity index (χ0v) is 10.2. The smallest absolute Gasteiger partial charge is 0.219 e. The summed E-state index contributed by atoms with van der Waals surface area (Å²) in [4.78, 5) is 11.3. The van der Waals surface area contributed by atoms with E-state index >= 15 is 0 Å². The molecule has 4 nitrogen and oxygen atoms in total. The molecule has 0 aromatic rings. The highest BCUT2D eigenvalue weighted by Gasteiger charge is 1.99. The third-order valence-electron chi connectivity index (χ3n) is 2.52. The molecule has 0 rings (SSSR count). The van der Waals surface area contributed by atoms with Gasteiger partial charge in [-0.3, -0.25) is 4.79 Å². The molecule has 0 atom stereocenters. The van der Waals surface area contributed by atoms with E-state index < -0.39 is 0 Å². The van der Waals surface area contributed by atoms with Crippen molar-refractivity contribution >= 4 is 5.91 Å². The fourth-order valence-electron chi connectivity index (χ4n) is 1.51. The Morgan fingerprint density at radius 2 is 1.69 bits per heavy atom. The number of rotatable bonds is 11. The van der Waals surface area contributed by atoms with Gasteiger partial charge < -0.3 is 16.2 Å². The molecule has 0 saturated heterocycles. The Hall–Kier alpha value is -0.610. The van der Waals surface area contributed by atoms with Gasteiger partial charge in [-0.25, -0.2) is 0 Å². The molecular formula is C12H26N2O2. The number of amides is 1. The van der Waals surface area contributed by atoms with E-state index in [2.05, 4.69) is 5.32 Å². The lowest BCUT2D eigenvalue weighted by Gasteiger charge is -2.04. The van der Waals surface area contributed by atoms with Crippen molar-refractivity contribution in [3.63, 3.8) is 0 Å². The van der Waals surface area contributed by atoms with Gasteiger partial charge >= 0.3 is 0 Å². The molecule has 1 amide bonds. The summed E-state index contributed by atoms with van der Waals surface area (Å²) in [6, 6.07) is 0. The van der Waals surface area contributed by atoms with Crippen molar-refractivity contribution in [2.75, 3.05) is 19.7 Å². The second-order valence-corrected chi connectivity index (χ2v) is 4.09. The van der Waals surface area contributed by atoms with Crippen LogP contribution in [0.4, 0.5) is 0 Å². The molecule has 0 saturated carbocycles. The number of nitrogens with two attached hydrogens (primary N) is 1. The summed E-state index contributed by atoms with van der Waals surface area (Å²) >= 11 is 0. The predicted molar refractivity (Wildman–Crippen MR) is 66.1 cm³/mol. The lowest BCUT2D eigenvalue weighted by atomic mass is 10.1. The molecular weight excluding hydrogens is 204 g/mol. The van der Waals surface area contributed by atoms with Gasteiger partial charge in [-0.05, 0) is 38.6 Å². The first-order valence-electron chi connectivity index (χ1n) is 6.39. The van der Waals surface area contributed by atoms with Gasteiger partial charge in [-0.1, -0.05) is 12.8 Å². The molecule has 4 N–H and O–H groups in total. The van der Waals surface area contributed by atoms with Crippen molar-refractivity contribution in [1.82, 2.24) is 5.32 Å². The Balaban J connectivity index is 3.12. The molecule has 0 aromatic heterocycles. The minimum absolute atomic E-state index is 0.150. The van der Waals surface area contributed by atoms with Crippen LogP contribution in [0.25, 0.3) is 0 Å². The highest BCUT2D eigenvalue weighted by atomic mass is 16.2. The van der Waals surface area contributed by atoms with Gasteiger partial charge in [-0.15, -0.1) is 0 Å². The standard InChI is InChI=1S/C12H26N2O2/c13-9-5-2-1-4-8-12(16)14-10-6-3-7-11-15/h15H,1-11,13H2,(H,14,16). The predicted octanol–water partition coefficient (Wildman–Crippen LogP) is 1.17. The van der Waals surface area contributed by atoms with Crippen LogP contribution >= 0.6 is 0 Å². The van der Waals surface area contributed by atoms with Crippen molar-refractivity contribution in [2.24, 2.45) is 5.73 Å². The van der Waals surface area contributed by atoms with Crippen molar-refractivity contribution in [2.45, 2.75) is 51.4 Å². The normalized spacial score (nSPS) is 10.4. The molecule has 4 heteroatoms. The lowest BCUT2D eigenvalue weighted by Crippen LogP contribution is -2.24. The summed E-state index contributed by atoms with van der Waals surface area (Å²) in [7, 11) is 0. The largest absolute Gasteiger partial charge is 0.396 e. The van der Waals surface area contributed by atoms with Crippen LogP contribution in [0.5, 0.6) is 0 Å². The SMILES string of the molecule is NCCCCCCC(=O)NCCCCCO. The fourth-order valence-corrected chi connectivity index (χ4v) is 1.51. The highest BCUT2D eigenvalue weighted by molar-refractivity contribution is 5.75. The molecule has 0 aliphatic heterocycles. The molecule has 0 aliphatic rings. The number of carbonyl (C=O) groups excluding carboxylic acids is 1. The van der Waals surface area contributed by atoms with Crippen LogP contribution in [0.1, 0.15) is 51.4 Å². The molecule has 16 heavy (non-hydrogen) atoms. The van der Waals surface area contributed by atoms with E-state index in [1.54, 1.807) is 0 Å². The Morgan fingerprint density at radius 1 is 1.00 bits per heavy atom. The van der Waals surface area contributed by atoms with Gasteiger partial charge in [0.15, 0.2) is 0 Å². The quantitative estimate of drug-likeness (QED) is 0.466. The van der Waals surface area contributed by atoms with Gasteiger partial charge in [0, 0.05) is 19.6 Å². The number of carbonyl (C=O) groups is 1. The van der Waals surface area contributed by atoms with E-state index in [1.165, 1.54) is 0 Å². The van der Waals surface area contributed by atoms with Gasteiger partial charge in [0.2, 0.25) is 5.91 Å². The van der Waals surface area contributed by atoms with Crippen LogP contribution in [-0.4, -0.2) is 30.7 Å². The molecule has 0 aromatic carbocycles. The van der Waals surface area contributed by atoms with Crippen molar-refractivity contribution in [3.05, 3.63) is 0 Å². The second kappa shape index (κ2) is 12.5. The maximum absolute atomic E-state index is 11.3. The van der Waals surface area contributed by atoms with E-state index in [0.717, 1.165) is 58.0 Å². The van der Waals surface area contributed by atoms with Gasteiger partial charge in [-0.2, -0.15) is 0 Å². The van der Waals surface area contributed by atoms with Crippen molar-refractivity contribution in [1.29, 1.82) is 0 Å². The Morgan fingerprint density at radius 3 is 2.38 bits per heavy atom. The Labute approximate surface area is 98.6 Å². The van der Waals surface area contributed by atoms with E-state index in [0.29, 0.717) is 6.42 Å². The summed E-state index contributed by atoms with van der Waals surface area (Å²) in [5, 5.41) is 11.5. The topological polar surface area (TPSA) is 75.4 Å². The highest BCUT2D eigenvalue weighted by Crippen LogP contribution is 2.02. The molecule has 0 unspecified atom stereocenters. The van der Waals surface area contributed by atoms with Gasteiger partial charge in [0.1, 0.15) is 0 Å². The second-order valence-electron chi connectivity index (χ2n) is 4.09. The molecule has 0 fully saturated rings. The van der Waals surface area contributed by atoms with Crippen LogP contribution in [-0.2, 0) is 4.79 Å². The number of nitrogens with one attached hydrogen (secondary N) is 1. The number of aliphatic hydroxyl groups is 1. The number of unbranched alkanes of at least 4 members (excludes halogenated alkanes) is 5. The summed E-state index contributed by atoms with van der Waals surface area (Å²) < 4.78 is 0. The van der Waals surface area contributed by atoms with Crippen molar-refractivity contribution in [3.8, 4) is 0 Å². The van der Waals surface area contributed by atoms with Crippen LogP contribution in [0, 0.1) is 0 Å². The molecule has 0 heterocycles. The number of aliphatic hydroxyl groups excluding tert-OH is 1. The van der Waals surface area contributed by atoms with E-state index in [9.17, 15) is 4.79 Å². The third kappa shape index (κ3) is 11.5. The summed E-state index contributed by atoms with van der Waals surface area (Å²) in [5.74, 6) is 0.150. The van der Waals surface area contributed by atoms with Crippen LogP contribution in [0.2, 0.25) is 0 Å². The van der Waals surface area contributed by atoms with E-state index in [-0.39, 0.29) is 12.5 Å². The Kier molecular flexibility index (Phi) is 12.0. The van der Waals surface area contributed by atoms with E-state index in [1.807, 2.05) is 0 Å². The van der Waals surface area contributed by atoms with Gasteiger partial charge in [0.05, 0.1) is 0 Å². The van der Waals surface area contributed by atoms with Gasteiger partial charge in [0.25, 0.3) is 0 Å². The van der Waals surface area contributed by atoms with Crippen molar-refractivity contribution < 1.29 is 9.90 Å². The van der Waals surface area contributed by atoms with Crippen LogP contribution in [0.3, 0.4) is 0 Å². The first-order valence-corrected chi connectivity index (χ1v) is 6.39. The average molecular weight is 230 g/mol. The molecule has 0 spiro atoms. The zero-order valence-electron chi connectivity index (χ0n) is 10.2. The maximum Gasteiger partial charge on any atom is 0.219 e. The minimum atomic E-state index is 0.150. The summed E-state index contributed by atoms with van der Waals surface area (Å²) in [6.45, 7) is 1.73. The monoisotopic (exact) mass is 230 g/mol. The summed E-state index contributed by atoms with van der Waals surface area (Å²) in [6.07, 6.45) is 7.63. The molecule has 96 valence electrons.